The predicted molar refractivity (Wildman–Crippen MR) is 68.2 cm³/mol. The molecule has 1 aromatic rings. The zero-order valence-corrected chi connectivity index (χ0v) is 10.9. The molecular formula is C12H14N2O6. The second-order valence-electron chi connectivity index (χ2n) is 3.95. The van der Waals surface area contributed by atoms with Gasteiger partial charge in [0.25, 0.3) is 11.2 Å². The Bertz CT molecular complexity index is 578. The van der Waals surface area contributed by atoms with Crippen LogP contribution in [0.15, 0.2) is 23.1 Å². The molecule has 8 heteroatoms. The topological polar surface area (TPSA) is 109 Å². The maximum absolute atomic E-state index is 11.6. The van der Waals surface area contributed by atoms with E-state index in [1.54, 1.807) is 6.92 Å². The Morgan fingerprint density at radius 1 is 1.35 bits per heavy atom. The molecule has 0 radical (unpaired) electrons. The lowest BCUT2D eigenvalue weighted by Gasteiger charge is -2.04. The summed E-state index contributed by atoms with van der Waals surface area (Å²) in [5, 5.41) is 10.6. The monoisotopic (exact) mass is 282 g/mol. The Morgan fingerprint density at radius 3 is 2.65 bits per heavy atom. The largest absolute Gasteiger partial charge is 0.466 e. The molecule has 0 fully saturated rings. The van der Waals surface area contributed by atoms with Crippen LogP contribution in [0.3, 0.4) is 0 Å². The van der Waals surface area contributed by atoms with Gasteiger partial charge in [-0.2, -0.15) is 0 Å². The van der Waals surface area contributed by atoms with E-state index in [9.17, 15) is 24.5 Å². The number of rotatable bonds is 7. The van der Waals surface area contributed by atoms with Gasteiger partial charge in [0.05, 0.1) is 30.7 Å². The number of hydrogen-bond acceptors (Lipinski definition) is 6. The highest BCUT2D eigenvalue weighted by molar-refractivity contribution is 5.82. The number of nitrogens with zero attached hydrogens (tertiary/aromatic N) is 2. The van der Waals surface area contributed by atoms with Crippen LogP contribution < -0.4 is 5.56 Å². The van der Waals surface area contributed by atoms with Crippen LogP contribution in [0.25, 0.3) is 0 Å². The lowest BCUT2D eigenvalue weighted by molar-refractivity contribution is -0.385. The quantitative estimate of drug-likeness (QED) is 0.413. The van der Waals surface area contributed by atoms with Crippen LogP contribution in [0.5, 0.6) is 0 Å². The van der Waals surface area contributed by atoms with Crippen LogP contribution in [0.4, 0.5) is 5.69 Å². The Hall–Kier alpha value is -2.51. The molecule has 0 bridgehead atoms. The highest BCUT2D eigenvalue weighted by Gasteiger charge is 2.12. The first-order chi connectivity index (χ1) is 9.43. The summed E-state index contributed by atoms with van der Waals surface area (Å²) < 4.78 is 5.62. The zero-order valence-electron chi connectivity index (χ0n) is 10.9. The van der Waals surface area contributed by atoms with Gasteiger partial charge in [-0.15, -0.1) is 0 Å². The first-order valence-electron chi connectivity index (χ1n) is 5.96. The number of carbonyl (C=O) groups excluding carboxylic acids is 2. The SMILES string of the molecule is CCOC(=O)CCC(=O)Cn1cc([N+](=O)[O-])ccc1=O. The molecule has 8 nitrogen and oxygen atoms in total. The average molecular weight is 282 g/mol. The van der Waals surface area contributed by atoms with E-state index in [0.29, 0.717) is 0 Å². The smallest absolute Gasteiger partial charge is 0.306 e. The van der Waals surface area contributed by atoms with Gasteiger partial charge in [0, 0.05) is 18.6 Å². The van der Waals surface area contributed by atoms with Gasteiger partial charge in [0.15, 0.2) is 5.78 Å². The molecule has 0 aliphatic heterocycles. The van der Waals surface area contributed by atoms with E-state index in [1.807, 2.05) is 0 Å². The number of ether oxygens (including phenoxy) is 1. The molecule has 0 saturated carbocycles. The van der Waals surface area contributed by atoms with Gasteiger partial charge in [0.1, 0.15) is 0 Å². The van der Waals surface area contributed by atoms with Crippen molar-refractivity contribution in [2.24, 2.45) is 0 Å². The lowest BCUT2D eigenvalue weighted by Crippen LogP contribution is -2.23. The van der Waals surface area contributed by atoms with Gasteiger partial charge < -0.3 is 9.30 Å². The highest BCUT2D eigenvalue weighted by Crippen LogP contribution is 2.06. The summed E-state index contributed by atoms with van der Waals surface area (Å²) >= 11 is 0. The van der Waals surface area contributed by atoms with E-state index in [-0.39, 0.29) is 37.5 Å². The Labute approximate surface area is 114 Å². The molecule has 20 heavy (non-hydrogen) atoms. The number of nitro groups is 1. The minimum absolute atomic E-state index is 0.0731. The third-order valence-corrected chi connectivity index (χ3v) is 2.44. The van der Waals surface area contributed by atoms with Crippen LogP contribution in [0.1, 0.15) is 19.8 Å². The molecule has 0 unspecified atom stereocenters. The Kier molecular flexibility index (Phi) is 5.57. The maximum atomic E-state index is 11.6. The molecule has 0 aliphatic carbocycles. The third kappa shape index (κ3) is 4.63. The minimum Gasteiger partial charge on any atom is -0.466 e. The first-order valence-corrected chi connectivity index (χ1v) is 5.96. The lowest BCUT2D eigenvalue weighted by atomic mass is 10.2. The molecular weight excluding hydrogens is 268 g/mol. The first kappa shape index (κ1) is 15.5. The Morgan fingerprint density at radius 2 is 2.05 bits per heavy atom. The molecule has 0 aromatic carbocycles. The van der Waals surface area contributed by atoms with Crippen molar-refractivity contribution in [3.8, 4) is 0 Å². The van der Waals surface area contributed by atoms with Crippen molar-refractivity contribution in [2.75, 3.05) is 6.61 Å². The number of Topliss-reactive ketones (excluding diaryl/α,β-unsaturated/α-hetero) is 1. The third-order valence-electron chi connectivity index (χ3n) is 2.44. The molecule has 108 valence electrons. The van der Waals surface area contributed by atoms with Crippen molar-refractivity contribution in [3.63, 3.8) is 0 Å². The van der Waals surface area contributed by atoms with Gasteiger partial charge in [-0.05, 0) is 6.92 Å². The van der Waals surface area contributed by atoms with Gasteiger partial charge in [0.2, 0.25) is 0 Å². The number of ketones is 1. The standard InChI is InChI=1S/C12H14N2O6/c1-2-20-12(17)6-4-10(15)8-13-7-9(14(18)19)3-5-11(13)16/h3,5,7H,2,4,6,8H2,1H3. The van der Waals surface area contributed by atoms with Crippen molar-refractivity contribution in [3.05, 3.63) is 38.8 Å². The van der Waals surface area contributed by atoms with E-state index in [4.69, 9.17) is 0 Å². The fraction of sp³-hybridized carbons (Fsp3) is 0.417. The number of hydrogen-bond donors (Lipinski definition) is 0. The summed E-state index contributed by atoms with van der Waals surface area (Å²) in [4.78, 5) is 44.1. The zero-order chi connectivity index (χ0) is 15.1. The van der Waals surface area contributed by atoms with E-state index in [0.717, 1.165) is 22.9 Å². The Balaban J connectivity index is 2.66. The van der Waals surface area contributed by atoms with Gasteiger partial charge in [-0.25, -0.2) is 0 Å². The predicted octanol–water partition coefficient (Wildman–Crippen LogP) is 0.669. The molecule has 1 aromatic heterocycles. The van der Waals surface area contributed by atoms with Crippen LogP contribution in [0.2, 0.25) is 0 Å². The van der Waals surface area contributed by atoms with Crippen LogP contribution >= 0.6 is 0 Å². The summed E-state index contributed by atoms with van der Waals surface area (Å²) in [6, 6.07) is 2.10. The van der Waals surface area contributed by atoms with E-state index in [1.165, 1.54) is 0 Å². The molecule has 0 aliphatic rings. The second-order valence-corrected chi connectivity index (χ2v) is 3.95. The molecule has 0 amide bonds. The summed E-state index contributed by atoms with van der Waals surface area (Å²) in [6.45, 7) is 1.58. The van der Waals surface area contributed by atoms with Gasteiger partial charge >= 0.3 is 5.97 Å². The second kappa shape index (κ2) is 7.17. The summed E-state index contributed by atoms with van der Waals surface area (Å²) in [5.41, 5.74) is -0.789. The van der Waals surface area contributed by atoms with Crippen molar-refractivity contribution in [1.82, 2.24) is 4.57 Å². The molecule has 0 atom stereocenters. The van der Waals surface area contributed by atoms with Crippen molar-refractivity contribution in [1.29, 1.82) is 0 Å². The highest BCUT2D eigenvalue weighted by atomic mass is 16.6. The summed E-state index contributed by atoms with van der Waals surface area (Å²) in [6.07, 6.45) is 0.856. The maximum Gasteiger partial charge on any atom is 0.306 e. The fourth-order valence-electron chi connectivity index (χ4n) is 1.49. The molecule has 1 heterocycles. The van der Waals surface area contributed by atoms with Crippen LogP contribution in [-0.2, 0) is 20.9 Å². The normalized spacial score (nSPS) is 10.1. The number of aromatic nitrogens is 1. The number of pyridine rings is 1. The summed E-state index contributed by atoms with van der Waals surface area (Å²) in [5.74, 6) is -0.868. The van der Waals surface area contributed by atoms with E-state index < -0.39 is 16.5 Å². The van der Waals surface area contributed by atoms with E-state index >= 15 is 0 Å². The number of carbonyl (C=O) groups is 2. The van der Waals surface area contributed by atoms with Crippen molar-refractivity contribution in [2.45, 2.75) is 26.3 Å². The van der Waals surface area contributed by atoms with Crippen molar-refractivity contribution < 1.29 is 19.2 Å². The molecule has 1 rings (SSSR count). The van der Waals surface area contributed by atoms with Crippen LogP contribution in [-0.4, -0.2) is 27.8 Å². The van der Waals surface area contributed by atoms with Gasteiger partial charge in [-0.1, -0.05) is 0 Å². The van der Waals surface area contributed by atoms with Crippen LogP contribution in [0, 0.1) is 10.1 Å². The van der Waals surface area contributed by atoms with Crippen molar-refractivity contribution >= 4 is 17.4 Å². The molecule has 0 spiro atoms. The minimum atomic E-state index is -0.654. The molecule has 0 saturated heterocycles. The van der Waals surface area contributed by atoms with Gasteiger partial charge in [-0.3, -0.25) is 24.5 Å². The average Bonchev–Trinajstić information content (AvgIpc) is 2.39. The van der Waals surface area contributed by atoms with E-state index in [2.05, 4.69) is 4.74 Å². The number of esters is 1. The molecule has 0 N–H and O–H groups in total. The fourth-order valence-corrected chi connectivity index (χ4v) is 1.49. The summed E-state index contributed by atoms with van der Waals surface area (Å²) in [7, 11) is 0.